The van der Waals surface area contributed by atoms with Crippen molar-refractivity contribution >= 4 is 108 Å². The maximum absolute atomic E-state index is 6.88. The zero-order valence-electron chi connectivity index (χ0n) is 26.0. The van der Waals surface area contributed by atoms with E-state index in [0.29, 0.717) is 0 Å². The summed E-state index contributed by atoms with van der Waals surface area (Å²) in [6.45, 7) is 5.06. The molecule has 0 fully saturated rings. The van der Waals surface area contributed by atoms with E-state index in [1.807, 2.05) is 0 Å². The van der Waals surface area contributed by atoms with Gasteiger partial charge in [0, 0.05) is 60.8 Å². The van der Waals surface area contributed by atoms with Crippen LogP contribution in [-0.2, 0) is 0 Å². The number of fused-ring (bicyclic) bond motifs is 14. The monoisotopic (exact) mass is 614 g/mol. The first-order valence-corrected chi connectivity index (χ1v) is 19.6. The highest BCUT2D eigenvalue weighted by atomic mass is 28.3. The predicted octanol–water partition coefficient (Wildman–Crippen LogP) is 8.40. The van der Waals surface area contributed by atoms with Gasteiger partial charge in [0.2, 0.25) is 0 Å². The van der Waals surface area contributed by atoms with Gasteiger partial charge in [-0.3, -0.25) is 0 Å². The fourth-order valence-corrected chi connectivity index (χ4v) is 12.5. The van der Waals surface area contributed by atoms with Crippen molar-refractivity contribution in [2.75, 3.05) is 4.90 Å². The molecule has 5 heteroatoms. The summed E-state index contributed by atoms with van der Waals surface area (Å²) in [6.07, 6.45) is 0. The van der Waals surface area contributed by atoms with Crippen molar-refractivity contribution in [3.05, 3.63) is 127 Å². The molecule has 0 aliphatic carbocycles. The number of furan rings is 1. The molecule has 2 aromatic heterocycles. The predicted molar refractivity (Wildman–Crippen MR) is 202 cm³/mol. The molecule has 0 spiro atoms. The molecule has 0 unspecified atom stereocenters. The molecule has 0 radical (unpaired) electrons. The molecule has 7 aromatic carbocycles. The minimum atomic E-state index is -2.01. The standard InChI is InChI=1S/C42H27BN2OSi/c1-47(2)36-19-8-6-17-32(36)44-34-23-30-26-13-5-7-18-35(26)46-42(30)38-28-15-9-14-27-29-21-24-11-3-4-12-25(24)22-33(29)45(40(27)28)43(39(34)38)31-16-10-20-37(47)41(31)44/h3-23H,1-2H3. The van der Waals surface area contributed by atoms with Crippen molar-refractivity contribution in [3.8, 4) is 11.1 Å². The van der Waals surface area contributed by atoms with Crippen molar-refractivity contribution < 1.29 is 4.42 Å². The second-order valence-electron chi connectivity index (χ2n) is 14.1. The van der Waals surface area contributed by atoms with Crippen LogP contribution in [0.1, 0.15) is 0 Å². The Hall–Kier alpha value is -5.52. The van der Waals surface area contributed by atoms with Crippen LogP contribution in [0.3, 0.4) is 0 Å². The summed E-state index contributed by atoms with van der Waals surface area (Å²) in [5.41, 5.74) is 13.7. The van der Waals surface area contributed by atoms with E-state index in [1.165, 1.54) is 92.8 Å². The van der Waals surface area contributed by atoms with Crippen LogP contribution >= 0.6 is 0 Å². The third kappa shape index (κ3) is 2.76. The molecule has 3 aliphatic heterocycles. The smallest absolute Gasteiger partial charge is 0.333 e. The molecule has 0 N–H and O–H groups in total. The maximum Gasteiger partial charge on any atom is 0.333 e. The van der Waals surface area contributed by atoms with Gasteiger partial charge in [0.05, 0.1) is 0 Å². The van der Waals surface area contributed by atoms with Crippen molar-refractivity contribution in [3.63, 3.8) is 0 Å². The van der Waals surface area contributed by atoms with Crippen LogP contribution < -0.4 is 26.2 Å². The van der Waals surface area contributed by atoms with Crippen molar-refractivity contribution in [1.82, 2.24) is 4.48 Å². The summed E-state index contributed by atoms with van der Waals surface area (Å²) < 4.78 is 9.56. The van der Waals surface area contributed by atoms with Gasteiger partial charge in [-0.25, -0.2) is 0 Å². The highest BCUT2D eigenvalue weighted by molar-refractivity contribution is 7.04. The SMILES string of the molecule is C[Si]1(C)c2ccccc2N2c3cc4c(oc5ccccc54)c4c3B(c3cccc1c32)n1c2cc3ccccc3cc2c2cccc-4c21. The lowest BCUT2D eigenvalue weighted by atomic mass is 9.45. The molecular weight excluding hydrogens is 587 g/mol. The second kappa shape index (κ2) is 8.06. The minimum Gasteiger partial charge on any atom is -0.455 e. The van der Waals surface area contributed by atoms with E-state index in [0.717, 1.165) is 11.2 Å². The number of para-hydroxylation sites is 4. The molecular formula is C42H27BN2OSi. The number of hydrogen-bond donors (Lipinski definition) is 0. The lowest BCUT2D eigenvalue weighted by Crippen LogP contribution is -2.65. The van der Waals surface area contributed by atoms with E-state index in [4.69, 9.17) is 4.42 Å². The molecule has 9 aromatic rings. The Bertz CT molecular complexity index is 2910. The summed E-state index contributed by atoms with van der Waals surface area (Å²) in [6, 6.07) is 47.8. The van der Waals surface area contributed by atoms with E-state index in [-0.39, 0.29) is 6.85 Å². The molecule has 0 atom stereocenters. The first-order valence-electron chi connectivity index (χ1n) is 16.6. The Morgan fingerprint density at radius 1 is 0.617 bits per heavy atom. The molecule has 0 saturated carbocycles. The van der Waals surface area contributed by atoms with Gasteiger partial charge in [-0.2, -0.15) is 0 Å². The largest absolute Gasteiger partial charge is 0.455 e. The van der Waals surface area contributed by atoms with Crippen LogP contribution in [0.15, 0.2) is 132 Å². The zero-order chi connectivity index (χ0) is 30.8. The van der Waals surface area contributed by atoms with E-state index >= 15 is 0 Å². The first kappa shape index (κ1) is 24.7. The van der Waals surface area contributed by atoms with Crippen LogP contribution in [0.2, 0.25) is 13.1 Å². The molecule has 3 nitrogen and oxygen atoms in total. The van der Waals surface area contributed by atoms with Gasteiger partial charge in [0.25, 0.3) is 0 Å². The Balaban J connectivity index is 1.35. The lowest BCUT2D eigenvalue weighted by molar-refractivity contribution is 0.670. The first-order chi connectivity index (χ1) is 23.1. The van der Waals surface area contributed by atoms with E-state index in [9.17, 15) is 0 Å². The molecule has 47 heavy (non-hydrogen) atoms. The maximum atomic E-state index is 6.88. The highest BCUT2D eigenvalue weighted by Crippen LogP contribution is 2.50. The van der Waals surface area contributed by atoms with Crippen molar-refractivity contribution in [2.45, 2.75) is 13.1 Å². The normalized spacial score (nSPS) is 15.1. The van der Waals surface area contributed by atoms with E-state index < -0.39 is 8.07 Å². The summed E-state index contributed by atoms with van der Waals surface area (Å²) in [4.78, 5) is 2.61. The lowest BCUT2D eigenvalue weighted by Gasteiger charge is -2.47. The number of benzene rings is 7. The number of hydrogen-bond acceptors (Lipinski definition) is 2. The van der Waals surface area contributed by atoms with Gasteiger partial charge >= 0.3 is 6.85 Å². The van der Waals surface area contributed by atoms with Gasteiger partial charge in [-0.05, 0) is 62.4 Å². The van der Waals surface area contributed by atoms with Gasteiger partial charge in [-0.15, -0.1) is 0 Å². The Morgan fingerprint density at radius 2 is 1.36 bits per heavy atom. The van der Waals surface area contributed by atoms with E-state index in [2.05, 4.69) is 150 Å². The quantitative estimate of drug-likeness (QED) is 0.160. The van der Waals surface area contributed by atoms with Crippen LogP contribution in [0.4, 0.5) is 17.1 Å². The Morgan fingerprint density at radius 3 is 2.28 bits per heavy atom. The number of anilines is 3. The van der Waals surface area contributed by atoms with Crippen molar-refractivity contribution in [1.29, 1.82) is 0 Å². The third-order valence-electron chi connectivity index (χ3n) is 11.5. The number of aromatic nitrogens is 1. The number of nitrogens with zero attached hydrogens (tertiary/aromatic N) is 2. The topological polar surface area (TPSA) is 21.3 Å². The summed E-state index contributed by atoms with van der Waals surface area (Å²) in [7, 11) is -2.01. The Labute approximate surface area is 272 Å². The minimum absolute atomic E-state index is 0.00920. The molecule has 0 saturated heterocycles. The average molecular weight is 615 g/mol. The van der Waals surface area contributed by atoms with Crippen LogP contribution in [0.5, 0.6) is 0 Å². The molecule has 218 valence electrons. The summed E-state index contributed by atoms with van der Waals surface area (Å²) >= 11 is 0. The van der Waals surface area contributed by atoms with Gasteiger partial charge < -0.3 is 13.8 Å². The fraction of sp³-hybridized carbons (Fsp3) is 0.0476. The Kier molecular flexibility index (Phi) is 4.23. The molecule has 12 rings (SSSR count). The van der Waals surface area contributed by atoms with Gasteiger partial charge in [-0.1, -0.05) is 110 Å². The summed E-state index contributed by atoms with van der Waals surface area (Å²) in [5.74, 6) is 0. The zero-order valence-corrected chi connectivity index (χ0v) is 27.0. The summed E-state index contributed by atoms with van der Waals surface area (Å²) in [5, 5.41) is 10.5. The highest BCUT2D eigenvalue weighted by Gasteiger charge is 2.49. The van der Waals surface area contributed by atoms with Crippen molar-refractivity contribution in [2.24, 2.45) is 0 Å². The van der Waals surface area contributed by atoms with Crippen LogP contribution in [-0.4, -0.2) is 19.4 Å². The van der Waals surface area contributed by atoms with Crippen LogP contribution in [0, 0.1) is 0 Å². The van der Waals surface area contributed by atoms with Gasteiger partial charge in [0.1, 0.15) is 19.2 Å². The molecule has 3 aliphatic rings. The molecule has 5 heterocycles. The molecule has 0 amide bonds. The molecule has 0 bridgehead atoms. The number of rotatable bonds is 0. The second-order valence-corrected chi connectivity index (χ2v) is 18.4. The van der Waals surface area contributed by atoms with E-state index in [1.54, 1.807) is 0 Å². The van der Waals surface area contributed by atoms with Gasteiger partial charge in [0.15, 0.2) is 0 Å². The van der Waals surface area contributed by atoms with Crippen LogP contribution in [0.25, 0.3) is 65.6 Å². The fourth-order valence-electron chi connectivity index (χ4n) is 9.52. The average Bonchev–Trinajstić information content (AvgIpc) is 3.64. The third-order valence-corrected chi connectivity index (χ3v) is 15.0.